The quantitative estimate of drug-likeness (QED) is 0.901. The van der Waals surface area contributed by atoms with E-state index >= 15 is 0 Å². The highest BCUT2D eigenvalue weighted by molar-refractivity contribution is 5.66. The SMILES string of the molecule is COc1cc(F)c(-c2ccc(CNC3CC3)cc2)c(F)c1. The van der Waals surface area contributed by atoms with Crippen molar-refractivity contribution in [2.75, 3.05) is 7.11 Å². The van der Waals surface area contributed by atoms with Crippen LogP contribution in [-0.4, -0.2) is 13.2 Å². The van der Waals surface area contributed by atoms with Crippen molar-refractivity contribution < 1.29 is 13.5 Å². The fourth-order valence-electron chi connectivity index (χ4n) is 2.28. The van der Waals surface area contributed by atoms with Crippen molar-refractivity contribution in [3.05, 3.63) is 53.6 Å². The van der Waals surface area contributed by atoms with E-state index in [2.05, 4.69) is 5.32 Å². The molecule has 3 rings (SSSR count). The van der Waals surface area contributed by atoms with Crippen LogP contribution in [0, 0.1) is 11.6 Å². The predicted octanol–water partition coefficient (Wildman–Crippen LogP) is 3.89. The minimum Gasteiger partial charge on any atom is -0.497 e. The molecule has 2 aromatic carbocycles. The highest BCUT2D eigenvalue weighted by Gasteiger charge is 2.20. The number of benzene rings is 2. The Hall–Kier alpha value is -1.94. The van der Waals surface area contributed by atoms with Gasteiger partial charge in [-0.15, -0.1) is 0 Å². The Morgan fingerprint density at radius 1 is 1.10 bits per heavy atom. The first-order valence-electron chi connectivity index (χ1n) is 7.03. The van der Waals surface area contributed by atoms with Gasteiger partial charge in [0.2, 0.25) is 0 Å². The first-order chi connectivity index (χ1) is 10.2. The molecule has 0 radical (unpaired) electrons. The summed E-state index contributed by atoms with van der Waals surface area (Å²) >= 11 is 0. The Bertz CT molecular complexity index is 613. The van der Waals surface area contributed by atoms with Gasteiger partial charge < -0.3 is 10.1 Å². The van der Waals surface area contributed by atoms with Crippen molar-refractivity contribution in [3.63, 3.8) is 0 Å². The Morgan fingerprint density at radius 2 is 1.71 bits per heavy atom. The second kappa shape index (κ2) is 5.82. The highest BCUT2D eigenvalue weighted by atomic mass is 19.1. The summed E-state index contributed by atoms with van der Waals surface area (Å²) < 4.78 is 32.9. The molecular formula is C17H17F2NO. The zero-order valence-electron chi connectivity index (χ0n) is 11.8. The molecule has 0 aliphatic heterocycles. The van der Waals surface area contributed by atoms with Gasteiger partial charge in [0, 0.05) is 24.7 Å². The Kier molecular flexibility index (Phi) is 3.88. The molecule has 2 nitrogen and oxygen atoms in total. The third-order valence-electron chi connectivity index (χ3n) is 3.67. The highest BCUT2D eigenvalue weighted by Crippen LogP contribution is 2.30. The van der Waals surface area contributed by atoms with Crippen LogP contribution in [0.25, 0.3) is 11.1 Å². The molecule has 0 atom stereocenters. The number of rotatable bonds is 5. The maximum Gasteiger partial charge on any atom is 0.137 e. The lowest BCUT2D eigenvalue weighted by molar-refractivity contribution is 0.407. The summed E-state index contributed by atoms with van der Waals surface area (Å²) in [5.74, 6) is -1.05. The van der Waals surface area contributed by atoms with Crippen LogP contribution in [0.5, 0.6) is 5.75 Å². The minimum absolute atomic E-state index is 0.0162. The zero-order chi connectivity index (χ0) is 14.8. The lowest BCUT2D eigenvalue weighted by Gasteiger charge is -2.09. The smallest absolute Gasteiger partial charge is 0.137 e. The van der Waals surface area contributed by atoms with Gasteiger partial charge in [0.15, 0.2) is 0 Å². The van der Waals surface area contributed by atoms with Crippen LogP contribution in [0.15, 0.2) is 36.4 Å². The molecule has 0 amide bonds. The van der Waals surface area contributed by atoms with Crippen LogP contribution in [-0.2, 0) is 6.54 Å². The van der Waals surface area contributed by atoms with E-state index in [1.165, 1.54) is 32.1 Å². The second-order valence-electron chi connectivity index (χ2n) is 5.32. The second-order valence-corrected chi connectivity index (χ2v) is 5.32. The maximum absolute atomic E-state index is 14.0. The molecule has 0 spiro atoms. The van der Waals surface area contributed by atoms with Gasteiger partial charge in [0.1, 0.15) is 17.4 Å². The number of methoxy groups -OCH3 is 1. The molecule has 0 unspecified atom stereocenters. The lowest BCUT2D eigenvalue weighted by atomic mass is 10.0. The molecule has 0 bridgehead atoms. The largest absolute Gasteiger partial charge is 0.497 e. The van der Waals surface area contributed by atoms with Gasteiger partial charge in [-0.1, -0.05) is 24.3 Å². The van der Waals surface area contributed by atoms with Gasteiger partial charge >= 0.3 is 0 Å². The zero-order valence-corrected chi connectivity index (χ0v) is 11.8. The number of halogens is 2. The molecular weight excluding hydrogens is 272 g/mol. The molecule has 1 fully saturated rings. The van der Waals surface area contributed by atoms with Crippen LogP contribution >= 0.6 is 0 Å². The van der Waals surface area contributed by atoms with Crippen molar-refractivity contribution in [2.24, 2.45) is 0 Å². The Balaban J connectivity index is 1.82. The van der Waals surface area contributed by atoms with E-state index in [4.69, 9.17) is 4.74 Å². The first-order valence-corrected chi connectivity index (χ1v) is 7.03. The van der Waals surface area contributed by atoms with Crippen LogP contribution in [0.4, 0.5) is 8.78 Å². The van der Waals surface area contributed by atoms with Gasteiger partial charge in [-0.2, -0.15) is 0 Å². The van der Waals surface area contributed by atoms with Crippen molar-refractivity contribution in [3.8, 4) is 16.9 Å². The van der Waals surface area contributed by atoms with E-state index in [1.807, 2.05) is 12.1 Å². The van der Waals surface area contributed by atoms with Gasteiger partial charge in [-0.25, -0.2) is 8.78 Å². The van der Waals surface area contributed by atoms with E-state index < -0.39 is 11.6 Å². The van der Waals surface area contributed by atoms with E-state index in [-0.39, 0.29) is 11.3 Å². The molecule has 1 aliphatic carbocycles. The van der Waals surface area contributed by atoms with Gasteiger partial charge in [0.25, 0.3) is 0 Å². The Morgan fingerprint density at radius 3 is 2.24 bits per heavy atom. The number of hydrogen-bond acceptors (Lipinski definition) is 2. The maximum atomic E-state index is 14.0. The van der Waals surface area contributed by atoms with Crippen LogP contribution in [0.3, 0.4) is 0 Å². The van der Waals surface area contributed by atoms with Crippen LogP contribution < -0.4 is 10.1 Å². The molecule has 0 heterocycles. The van der Waals surface area contributed by atoms with Crippen molar-refractivity contribution in [2.45, 2.75) is 25.4 Å². The van der Waals surface area contributed by atoms with E-state index in [9.17, 15) is 8.78 Å². The normalized spacial score (nSPS) is 14.2. The van der Waals surface area contributed by atoms with E-state index in [1.54, 1.807) is 12.1 Å². The first kappa shape index (κ1) is 14.0. The molecule has 1 aliphatic rings. The summed E-state index contributed by atoms with van der Waals surface area (Å²) in [6, 6.07) is 10.3. The lowest BCUT2D eigenvalue weighted by Crippen LogP contribution is -2.15. The summed E-state index contributed by atoms with van der Waals surface area (Å²) in [6.45, 7) is 0.790. The standard InChI is InChI=1S/C17H17F2NO/c1-21-14-8-15(18)17(16(19)9-14)12-4-2-11(3-5-12)10-20-13-6-7-13/h2-5,8-9,13,20H,6-7,10H2,1H3. The summed E-state index contributed by atoms with van der Waals surface area (Å²) in [6.07, 6.45) is 2.47. The topological polar surface area (TPSA) is 21.3 Å². The Labute approximate surface area is 122 Å². The summed E-state index contributed by atoms with van der Waals surface area (Å²) in [7, 11) is 1.38. The summed E-state index contributed by atoms with van der Waals surface area (Å²) in [4.78, 5) is 0. The van der Waals surface area contributed by atoms with Crippen molar-refractivity contribution in [1.82, 2.24) is 5.32 Å². The van der Waals surface area contributed by atoms with E-state index in [0.29, 0.717) is 11.6 Å². The average molecular weight is 289 g/mol. The minimum atomic E-state index is -0.615. The van der Waals surface area contributed by atoms with Gasteiger partial charge in [-0.3, -0.25) is 0 Å². The van der Waals surface area contributed by atoms with Crippen molar-refractivity contribution >= 4 is 0 Å². The molecule has 110 valence electrons. The molecule has 4 heteroatoms. The molecule has 21 heavy (non-hydrogen) atoms. The molecule has 0 saturated heterocycles. The monoisotopic (exact) mass is 289 g/mol. The third-order valence-corrected chi connectivity index (χ3v) is 3.67. The summed E-state index contributed by atoms with van der Waals surface area (Å²) in [5, 5.41) is 3.41. The summed E-state index contributed by atoms with van der Waals surface area (Å²) in [5.41, 5.74) is 1.63. The molecule has 0 aromatic heterocycles. The molecule has 1 saturated carbocycles. The number of ether oxygens (including phenoxy) is 1. The van der Waals surface area contributed by atoms with Crippen LogP contribution in [0.1, 0.15) is 18.4 Å². The fourth-order valence-corrected chi connectivity index (χ4v) is 2.28. The third kappa shape index (κ3) is 3.22. The predicted molar refractivity (Wildman–Crippen MR) is 78.2 cm³/mol. The van der Waals surface area contributed by atoms with E-state index in [0.717, 1.165) is 12.1 Å². The van der Waals surface area contributed by atoms with Gasteiger partial charge in [0.05, 0.1) is 12.7 Å². The van der Waals surface area contributed by atoms with Gasteiger partial charge in [-0.05, 0) is 24.0 Å². The molecule has 2 aromatic rings. The number of nitrogens with one attached hydrogen (secondary N) is 1. The molecule has 1 N–H and O–H groups in total. The fraction of sp³-hybridized carbons (Fsp3) is 0.294. The average Bonchev–Trinajstić information content (AvgIpc) is 3.30. The number of hydrogen-bond donors (Lipinski definition) is 1. The van der Waals surface area contributed by atoms with Crippen molar-refractivity contribution in [1.29, 1.82) is 0 Å². The van der Waals surface area contributed by atoms with Crippen LogP contribution in [0.2, 0.25) is 0 Å².